The maximum Gasteiger partial charge on any atom is 0.178 e. The molecule has 17 heavy (non-hydrogen) atoms. The van der Waals surface area contributed by atoms with Crippen molar-refractivity contribution in [3.63, 3.8) is 0 Å². The molecule has 0 fully saturated rings. The molecule has 0 aliphatic carbocycles. The predicted octanol–water partition coefficient (Wildman–Crippen LogP) is 3.44. The minimum atomic E-state index is 0.161. The van der Waals surface area contributed by atoms with E-state index >= 15 is 0 Å². The van der Waals surface area contributed by atoms with Crippen LogP contribution in [-0.2, 0) is 12.8 Å². The van der Waals surface area contributed by atoms with Crippen LogP contribution in [0.5, 0.6) is 0 Å². The van der Waals surface area contributed by atoms with Crippen LogP contribution in [0.15, 0.2) is 29.8 Å². The van der Waals surface area contributed by atoms with Crippen LogP contribution in [0.1, 0.15) is 33.4 Å². The fraction of sp³-hybridized carbons (Fsp3) is 0.286. The summed E-state index contributed by atoms with van der Waals surface area (Å²) in [5.74, 6) is 0.161. The van der Waals surface area contributed by atoms with E-state index < -0.39 is 0 Å². The van der Waals surface area contributed by atoms with Crippen molar-refractivity contribution < 1.29 is 4.79 Å². The third-order valence-electron chi connectivity index (χ3n) is 2.75. The van der Waals surface area contributed by atoms with Gasteiger partial charge < -0.3 is 0 Å². The number of carbonyl (C=O) groups is 1. The van der Waals surface area contributed by atoms with Gasteiger partial charge in [-0.25, -0.2) is 0 Å². The quantitative estimate of drug-likeness (QED) is 0.772. The molecule has 0 saturated heterocycles. The first-order valence-corrected chi connectivity index (χ1v) is 6.59. The van der Waals surface area contributed by atoms with Crippen molar-refractivity contribution in [1.29, 1.82) is 0 Å². The SMILES string of the molecule is CCc1ccc(CC(=O)c2sccc2C)nc1. The highest BCUT2D eigenvalue weighted by Gasteiger charge is 2.11. The van der Waals surface area contributed by atoms with Crippen LogP contribution in [0, 0.1) is 6.92 Å². The van der Waals surface area contributed by atoms with Gasteiger partial charge in [-0.1, -0.05) is 13.0 Å². The third-order valence-corrected chi connectivity index (χ3v) is 3.81. The lowest BCUT2D eigenvalue weighted by Crippen LogP contribution is -2.04. The summed E-state index contributed by atoms with van der Waals surface area (Å²) < 4.78 is 0. The molecule has 0 aliphatic rings. The standard InChI is InChI=1S/C14H15NOS/c1-3-11-4-5-12(15-9-11)8-13(16)14-10(2)6-7-17-14/h4-7,9H,3,8H2,1-2H3. The van der Waals surface area contributed by atoms with E-state index in [0.717, 1.165) is 22.6 Å². The lowest BCUT2D eigenvalue weighted by Gasteiger charge is -2.01. The first kappa shape index (κ1) is 12.0. The zero-order chi connectivity index (χ0) is 12.3. The van der Waals surface area contributed by atoms with Crippen LogP contribution >= 0.6 is 11.3 Å². The first-order valence-electron chi connectivity index (χ1n) is 5.71. The molecule has 0 bridgehead atoms. The van der Waals surface area contributed by atoms with Crippen molar-refractivity contribution >= 4 is 17.1 Å². The largest absolute Gasteiger partial charge is 0.293 e. The monoisotopic (exact) mass is 245 g/mol. The Hall–Kier alpha value is -1.48. The van der Waals surface area contributed by atoms with Crippen molar-refractivity contribution in [2.45, 2.75) is 26.7 Å². The number of nitrogens with zero attached hydrogens (tertiary/aromatic N) is 1. The summed E-state index contributed by atoms with van der Waals surface area (Å²) in [4.78, 5) is 17.2. The second-order valence-electron chi connectivity index (χ2n) is 4.04. The second-order valence-corrected chi connectivity index (χ2v) is 4.96. The highest BCUT2D eigenvalue weighted by Crippen LogP contribution is 2.17. The number of ketones is 1. The van der Waals surface area contributed by atoms with E-state index in [1.165, 1.54) is 16.9 Å². The number of rotatable bonds is 4. The average Bonchev–Trinajstić information content (AvgIpc) is 2.76. The van der Waals surface area contributed by atoms with Gasteiger partial charge in [0, 0.05) is 11.9 Å². The van der Waals surface area contributed by atoms with Gasteiger partial charge in [0.15, 0.2) is 5.78 Å². The van der Waals surface area contributed by atoms with Crippen molar-refractivity contribution in [3.05, 3.63) is 51.5 Å². The topological polar surface area (TPSA) is 30.0 Å². The minimum Gasteiger partial charge on any atom is -0.293 e. The Kier molecular flexibility index (Phi) is 3.69. The molecule has 2 heterocycles. The number of hydrogen-bond donors (Lipinski definition) is 0. The fourth-order valence-corrected chi connectivity index (χ4v) is 2.54. The van der Waals surface area contributed by atoms with Crippen LogP contribution in [-0.4, -0.2) is 10.8 Å². The van der Waals surface area contributed by atoms with E-state index in [1.54, 1.807) is 0 Å². The summed E-state index contributed by atoms with van der Waals surface area (Å²) in [5, 5.41) is 1.95. The molecule has 0 radical (unpaired) electrons. The van der Waals surface area contributed by atoms with Crippen LogP contribution in [0.3, 0.4) is 0 Å². The average molecular weight is 245 g/mol. The molecular formula is C14H15NOS. The molecule has 0 amide bonds. The Bertz CT molecular complexity index is 513. The summed E-state index contributed by atoms with van der Waals surface area (Å²) in [5.41, 5.74) is 3.11. The van der Waals surface area contributed by atoms with Crippen LogP contribution in [0.25, 0.3) is 0 Å². The van der Waals surface area contributed by atoms with E-state index in [2.05, 4.69) is 11.9 Å². The summed E-state index contributed by atoms with van der Waals surface area (Å²) >= 11 is 1.51. The number of carbonyl (C=O) groups excluding carboxylic acids is 1. The Morgan fingerprint density at radius 1 is 1.35 bits per heavy atom. The second kappa shape index (κ2) is 5.23. The van der Waals surface area contributed by atoms with E-state index in [4.69, 9.17) is 0 Å². The molecule has 2 aromatic rings. The maximum absolute atomic E-state index is 12.0. The van der Waals surface area contributed by atoms with Crippen molar-refractivity contribution in [2.24, 2.45) is 0 Å². The van der Waals surface area contributed by atoms with E-state index in [1.807, 2.05) is 36.7 Å². The van der Waals surface area contributed by atoms with Gasteiger partial charge >= 0.3 is 0 Å². The molecule has 0 spiro atoms. The van der Waals surface area contributed by atoms with Crippen molar-refractivity contribution in [2.75, 3.05) is 0 Å². The van der Waals surface area contributed by atoms with Gasteiger partial charge in [-0.15, -0.1) is 11.3 Å². The smallest absolute Gasteiger partial charge is 0.178 e. The van der Waals surface area contributed by atoms with Gasteiger partial charge in [0.25, 0.3) is 0 Å². The lowest BCUT2D eigenvalue weighted by atomic mass is 10.1. The summed E-state index contributed by atoms with van der Waals surface area (Å²) in [7, 11) is 0. The van der Waals surface area contributed by atoms with Crippen LogP contribution in [0.2, 0.25) is 0 Å². The third kappa shape index (κ3) is 2.80. The van der Waals surface area contributed by atoms with Gasteiger partial charge in [0.05, 0.1) is 11.3 Å². The molecule has 88 valence electrons. The zero-order valence-corrected chi connectivity index (χ0v) is 10.9. The minimum absolute atomic E-state index is 0.161. The summed E-state index contributed by atoms with van der Waals surface area (Å²) in [6, 6.07) is 5.96. The zero-order valence-electron chi connectivity index (χ0n) is 10.1. The van der Waals surface area contributed by atoms with E-state index in [0.29, 0.717) is 6.42 Å². The normalized spacial score (nSPS) is 10.5. The predicted molar refractivity (Wildman–Crippen MR) is 70.7 cm³/mol. The molecule has 0 N–H and O–H groups in total. The molecule has 0 saturated carbocycles. The van der Waals surface area contributed by atoms with Gasteiger partial charge in [0.1, 0.15) is 0 Å². The number of hydrogen-bond acceptors (Lipinski definition) is 3. The Labute approximate surface area is 105 Å². The number of pyridine rings is 1. The van der Waals surface area contributed by atoms with Crippen molar-refractivity contribution in [3.8, 4) is 0 Å². The van der Waals surface area contributed by atoms with Gasteiger partial charge in [-0.3, -0.25) is 9.78 Å². The van der Waals surface area contributed by atoms with Gasteiger partial charge in [0.2, 0.25) is 0 Å². The van der Waals surface area contributed by atoms with E-state index in [9.17, 15) is 4.79 Å². The number of aryl methyl sites for hydroxylation is 2. The molecule has 2 rings (SSSR count). The Morgan fingerprint density at radius 3 is 2.71 bits per heavy atom. The highest BCUT2D eigenvalue weighted by molar-refractivity contribution is 7.12. The summed E-state index contributed by atoms with van der Waals surface area (Å²) in [6.45, 7) is 4.06. The molecule has 2 aromatic heterocycles. The number of thiophene rings is 1. The molecule has 0 unspecified atom stereocenters. The van der Waals surface area contributed by atoms with Gasteiger partial charge in [-0.05, 0) is 42.0 Å². The Morgan fingerprint density at radius 2 is 2.18 bits per heavy atom. The molecule has 0 aliphatic heterocycles. The van der Waals surface area contributed by atoms with Crippen molar-refractivity contribution in [1.82, 2.24) is 4.98 Å². The lowest BCUT2D eigenvalue weighted by molar-refractivity contribution is 0.0995. The molecule has 0 aromatic carbocycles. The molecule has 2 nitrogen and oxygen atoms in total. The molecular weight excluding hydrogens is 230 g/mol. The maximum atomic E-state index is 12.0. The van der Waals surface area contributed by atoms with Crippen LogP contribution in [0.4, 0.5) is 0 Å². The van der Waals surface area contributed by atoms with Crippen LogP contribution < -0.4 is 0 Å². The first-order chi connectivity index (χ1) is 8.20. The molecule has 0 atom stereocenters. The fourth-order valence-electron chi connectivity index (χ4n) is 1.67. The van der Waals surface area contributed by atoms with E-state index in [-0.39, 0.29) is 5.78 Å². The summed E-state index contributed by atoms with van der Waals surface area (Å²) in [6.07, 6.45) is 3.22. The number of aromatic nitrogens is 1. The molecule has 3 heteroatoms. The highest BCUT2D eigenvalue weighted by atomic mass is 32.1. The Balaban J connectivity index is 2.10. The number of Topliss-reactive ketones (excluding diaryl/α,β-unsaturated/α-hetero) is 1. The van der Waals surface area contributed by atoms with Gasteiger partial charge in [-0.2, -0.15) is 0 Å².